The van der Waals surface area contributed by atoms with Crippen molar-refractivity contribution >= 4 is 22.8 Å². The van der Waals surface area contributed by atoms with Crippen LogP contribution in [0.15, 0.2) is 21.6 Å². The van der Waals surface area contributed by atoms with Crippen molar-refractivity contribution in [2.75, 3.05) is 44.3 Å². The molecular formula is C20H24N8O4. The lowest BCUT2D eigenvalue weighted by Gasteiger charge is -2.33. The zero-order chi connectivity index (χ0) is 22.7. The zero-order valence-corrected chi connectivity index (χ0v) is 17.9. The Balaban J connectivity index is 1.22. The highest BCUT2D eigenvalue weighted by Gasteiger charge is 2.24. The molecule has 12 heteroatoms. The SMILES string of the molecule is Cc1nn(C(C)COCCC(=O)N2CCN(c3ncc(C#N)o3)CC2)c2cn[nH]c(=O)c12. The molecule has 1 atom stereocenters. The molecule has 0 saturated carbocycles. The molecule has 1 saturated heterocycles. The van der Waals surface area contributed by atoms with E-state index in [1.807, 2.05) is 17.9 Å². The Labute approximate surface area is 183 Å². The fourth-order valence-corrected chi connectivity index (χ4v) is 3.77. The Bertz CT molecular complexity index is 1200. The average Bonchev–Trinajstić information content (AvgIpc) is 3.42. The molecule has 1 fully saturated rings. The van der Waals surface area contributed by atoms with Crippen LogP contribution in [0.25, 0.3) is 10.9 Å². The molecule has 1 aliphatic rings. The van der Waals surface area contributed by atoms with Crippen molar-refractivity contribution in [3.63, 3.8) is 0 Å². The number of aromatic nitrogens is 5. The van der Waals surface area contributed by atoms with E-state index in [1.165, 1.54) is 6.20 Å². The highest BCUT2D eigenvalue weighted by molar-refractivity contribution is 5.79. The first kappa shape index (κ1) is 21.5. The number of piperazine rings is 1. The summed E-state index contributed by atoms with van der Waals surface area (Å²) in [6, 6.07) is 2.20. The third kappa shape index (κ3) is 4.33. The van der Waals surface area contributed by atoms with Crippen LogP contribution in [0.5, 0.6) is 0 Å². The third-order valence-corrected chi connectivity index (χ3v) is 5.45. The van der Waals surface area contributed by atoms with Gasteiger partial charge in [0, 0.05) is 26.2 Å². The minimum atomic E-state index is -0.265. The number of nitriles is 1. The van der Waals surface area contributed by atoms with Crippen molar-refractivity contribution in [3.8, 4) is 6.07 Å². The molecular weight excluding hydrogens is 416 g/mol. The predicted molar refractivity (Wildman–Crippen MR) is 113 cm³/mol. The number of nitrogens with one attached hydrogen (secondary N) is 1. The number of hydrogen-bond donors (Lipinski definition) is 1. The molecule has 0 aliphatic carbocycles. The van der Waals surface area contributed by atoms with Crippen LogP contribution in [0.1, 0.15) is 30.8 Å². The van der Waals surface area contributed by atoms with Crippen LogP contribution in [0.4, 0.5) is 6.01 Å². The molecule has 3 aromatic heterocycles. The lowest BCUT2D eigenvalue weighted by Crippen LogP contribution is -2.49. The number of hydrogen-bond acceptors (Lipinski definition) is 9. The van der Waals surface area contributed by atoms with Gasteiger partial charge in [-0.1, -0.05) is 0 Å². The van der Waals surface area contributed by atoms with Crippen LogP contribution in [-0.2, 0) is 9.53 Å². The maximum absolute atomic E-state index is 12.5. The van der Waals surface area contributed by atoms with E-state index < -0.39 is 0 Å². The second kappa shape index (κ2) is 9.19. The maximum Gasteiger partial charge on any atom is 0.298 e. The number of nitrogens with zero attached hydrogens (tertiary/aromatic N) is 7. The smallest absolute Gasteiger partial charge is 0.298 e. The highest BCUT2D eigenvalue weighted by atomic mass is 16.5. The van der Waals surface area contributed by atoms with Crippen molar-refractivity contribution in [3.05, 3.63) is 34.2 Å². The summed E-state index contributed by atoms with van der Waals surface area (Å²) >= 11 is 0. The van der Waals surface area contributed by atoms with Crippen LogP contribution in [0.3, 0.4) is 0 Å². The Morgan fingerprint density at radius 2 is 2.12 bits per heavy atom. The Morgan fingerprint density at radius 1 is 1.34 bits per heavy atom. The Hall–Kier alpha value is -3.72. The lowest BCUT2D eigenvalue weighted by molar-refractivity contribution is -0.132. The molecule has 3 aromatic rings. The van der Waals surface area contributed by atoms with E-state index in [2.05, 4.69) is 20.3 Å². The molecule has 0 bridgehead atoms. The number of aromatic amines is 1. The van der Waals surface area contributed by atoms with Crippen LogP contribution in [0, 0.1) is 18.3 Å². The molecule has 12 nitrogen and oxygen atoms in total. The van der Waals surface area contributed by atoms with Crippen molar-refractivity contribution in [2.45, 2.75) is 26.3 Å². The molecule has 4 rings (SSSR count). The Kier molecular flexibility index (Phi) is 6.18. The first-order valence-electron chi connectivity index (χ1n) is 10.4. The number of carbonyl (C=O) groups is 1. The van der Waals surface area contributed by atoms with Crippen molar-refractivity contribution in [1.82, 2.24) is 29.9 Å². The second-order valence-corrected chi connectivity index (χ2v) is 7.65. The Morgan fingerprint density at radius 3 is 2.84 bits per heavy atom. The molecule has 0 spiro atoms. The zero-order valence-electron chi connectivity index (χ0n) is 17.9. The van der Waals surface area contributed by atoms with E-state index in [9.17, 15) is 9.59 Å². The van der Waals surface area contributed by atoms with Gasteiger partial charge in [-0.2, -0.15) is 15.5 Å². The van der Waals surface area contributed by atoms with Gasteiger partial charge in [0.1, 0.15) is 6.07 Å². The normalized spacial score (nSPS) is 15.2. The number of aryl methyl sites for hydroxylation is 1. The summed E-state index contributed by atoms with van der Waals surface area (Å²) in [4.78, 5) is 32.3. The summed E-state index contributed by atoms with van der Waals surface area (Å²) in [5, 5.41) is 20.1. The number of oxazole rings is 1. The number of fused-ring (bicyclic) bond motifs is 1. The monoisotopic (exact) mass is 440 g/mol. The van der Waals surface area contributed by atoms with E-state index in [0.717, 1.165) is 0 Å². The van der Waals surface area contributed by atoms with Crippen LogP contribution in [0.2, 0.25) is 0 Å². The first-order chi connectivity index (χ1) is 15.5. The van der Waals surface area contributed by atoms with Gasteiger partial charge in [0.15, 0.2) is 0 Å². The first-order valence-corrected chi connectivity index (χ1v) is 10.4. The minimum absolute atomic E-state index is 0.0264. The van der Waals surface area contributed by atoms with Crippen molar-refractivity contribution in [2.24, 2.45) is 0 Å². The quantitative estimate of drug-likeness (QED) is 0.522. The maximum atomic E-state index is 12.5. The van der Waals surface area contributed by atoms with E-state index in [1.54, 1.807) is 22.7 Å². The summed E-state index contributed by atoms with van der Waals surface area (Å²) in [6.07, 6.45) is 3.26. The van der Waals surface area contributed by atoms with Gasteiger partial charge in [-0.25, -0.2) is 10.1 Å². The lowest BCUT2D eigenvalue weighted by atomic mass is 10.3. The topological polar surface area (TPSA) is 146 Å². The fourth-order valence-electron chi connectivity index (χ4n) is 3.77. The van der Waals surface area contributed by atoms with Gasteiger partial charge in [0.05, 0.1) is 54.7 Å². The van der Waals surface area contributed by atoms with E-state index in [-0.39, 0.29) is 29.7 Å². The van der Waals surface area contributed by atoms with Crippen molar-refractivity contribution < 1.29 is 13.9 Å². The number of H-pyrrole nitrogens is 1. The standard InChI is InChI=1S/C20H24N8O4/c1-13(28-16-11-23-24-19(30)18(16)14(2)25-28)12-31-8-3-17(29)26-4-6-27(7-5-26)20-22-10-15(9-21)32-20/h10-11,13H,3-8,12H2,1-2H3,(H,24,30). The summed E-state index contributed by atoms with van der Waals surface area (Å²) in [6.45, 7) is 6.67. The summed E-state index contributed by atoms with van der Waals surface area (Å²) in [5.41, 5.74) is 1.03. The summed E-state index contributed by atoms with van der Waals surface area (Å²) in [5.74, 6) is 0.199. The number of amides is 1. The largest absolute Gasteiger partial charge is 0.413 e. The van der Waals surface area contributed by atoms with Crippen LogP contribution < -0.4 is 10.5 Å². The molecule has 1 N–H and O–H groups in total. The van der Waals surface area contributed by atoms with Gasteiger partial charge in [-0.15, -0.1) is 0 Å². The summed E-state index contributed by atoms with van der Waals surface area (Å²) < 4.78 is 12.8. The number of carbonyl (C=O) groups excluding carboxylic acids is 1. The van der Waals surface area contributed by atoms with E-state index in [4.69, 9.17) is 14.4 Å². The molecule has 168 valence electrons. The molecule has 1 unspecified atom stereocenters. The van der Waals surface area contributed by atoms with Gasteiger partial charge < -0.3 is 19.0 Å². The molecule has 1 aliphatic heterocycles. The van der Waals surface area contributed by atoms with Crippen molar-refractivity contribution in [1.29, 1.82) is 5.26 Å². The minimum Gasteiger partial charge on any atom is -0.413 e. The van der Waals surface area contributed by atoms with Gasteiger partial charge >= 0.3 is 0 Å². The van der Waals surface area contributed by atoms with Gasteiger partial charge in [-0.3, -0.25) is 14.3 Å². The van der Waals surface area contributed by atoms with E-state index in [0.29, 0.717) is 62.0 Å². The number of ether oxygens (including phenoxy) is 1. The van der Waals surface area contributed by atoms with Crippen LogP contribution >= 0.6 is 0 Å². The number of anilines is 1. The van der Waals surface area contributed by atoms with Crippen LogP contribution in [-0.4, -0.2) is 75.2 Å². The predicted octanol–water partition coefficient (Wildman–Crippen LogP) is 0.604. The molecule has 1 amide bonds. The molecule has 4 heterocycles. The fraction of sp³-hybridized carbons (Fsp3) is 0.500. The molecule has 32 heavy (non-hydrogen) atoms. The second-order valence-electron chi connectivity index (χ2n) is 7.65. The third-order valence-electron chi connectivity index (χ3n) is 5.45. The van der Waals surface area contributed by atoms with E-state index >= 15 is 0 Å². The van der Waals surface area contributed by atoms with Gasteiger partial charge in [0.25, 0.3) is 11.6 Å². The van der Waals surface area contributed by atoms with Gasteiger partial charge in [0.2, 0.25) is 11.7 Å². The highest BCUT2D eigenvalue weighted by Crippen LogP contribution is 2.18. The molecule has 0 radical (unpaired) electrons. The number of rotatable bonds is 7. The molecule has 0 aromatic carbocycles. The summed E-state index contributed by atoms with van der Waals surface area (Å²) in [7, 11) is 0. The average molecular weight is 440 g/mol. The van der Waals surface area contributed by atoms with Gasteiger partial charge in [-0.05, 0) is 13.8 Å².